The summed E-state index contributed by atoms with van der Waals surface area (Å²) in [5, 5.41) is 56.9. The fourth-order valence-corrected chi connectivity index (χ4v) is 9.82. The van der Waals surface area contributed by atoms with E-state index in [0.717, 1.165) is 34.2 Å². The summed E-state index contributed by atoms with van der Waals surface area (Å²) in [5.74, 6) is -6.22. The van der Waals surface area contributed by atoms with Gasteiger partial charge >= 0.3 is 17.9 Å². The molecule has 0 aliphatic carbocycles. The molecular weight excluding hydrogens is 1060 g/mol. The Hall–Kier alpha value is -8.21. The Bertz CT molecular complexity index is 3140. The summed E-state index contributed by atoms with van der Waals surface area (Å²) in [6.45, 7) is 3.84. The number of hydrogen-bond acceptors (Lipinski definition) is 18. The highest BCUT2D eigenvalue weighted by molar-refractivity contribution is 7.86. The Balaban J connectivity index is 1.15. The lowest BCUT2D eigenvalue weighted by molar-refractivity contribution is -0.140. The summed E-state index contributed by atoms with van der Waals surface area (Å²) < 4.78 is 33.6. The summed E-state index contributed by atoms with van der Waals surface area (Å²) in [4.78, 5) is 107. The van der Waals surface area contributed by atoms with Crippen LogP contribution < -0.4 is 21.7 Å². The molecule has 0 saturated carbocycles. The average molecular weight is 1130 g/mol. The van der Waals surface area contributed by atoms with E-state index >= 15 is 0 Å². The van der Waals surface area contributed by atoms with Gasteiger partial charge in [-0.1, -0.05) is 18.2 Å². The monoisotopic (exact) mass is 1130 g/mol. The zero-order valence-corrected chi connectivity index (χ0v) is 45.0. The molecule has 0 radical (unpaired) electrons. The van der Waals surface area contributed by atoms with Crippen molar-refractivity contribution in [3.05, 3.63) is 83.9 Å². The number of carboxylic acid groups (broad SMARTS) is 3. The van der Waals surface area contributed by atoms with Crippen molar-refractivity contribution in [1.82, 2.24) is 35.1 Å². The van der Waals surface area contributed by atoms with Crippen LogP contribution in [0.2, 0.25) is 0 Å². The largest absolute Gasteiger partial charge is 0.505 e. The number of phenols is 1. The molecule has 6 rings (SSSR count). The van der Waals surface area contributed by atoms with Gasteiger partial charge in [0, 0.05) is 101 Å². The number of nitrogens with zero attached hydrogens (tertiary/aromatic N) is 7. The number of aliphatic carboxylic acids is 3. The van der Waals surface area contributed by atoms with Gasteiger partial charge in [0.2, 0.25) is 17.7 Å². The first kappa shape index (κ1) is 61.0. The lowest BCUT2D eigenvalue weighted by atomic mass is 10.00. The molecule has 1 saturated heterocycles. The molecule has 0 unspecified atom stereocenters. The van der Waals surface area contributed by atoms with Gasteiger partial charge in [-0.2, -0.15) is 13.5 Å². The van der Waals surface area contributed by atoms with Crippen LogP contribution in [0.5, 0.6) is 5.75 Å². The van der Waals surface area contributed by atoms with Gasteiger partial charge in [0.05, 0.1) is 37.3 Å². The van der Waals surface area contributed by atoms with E-state index in [1.807, 2.05) is 12.1 Å². The average Bonchev–Trinajstić information content (AvgIpc) is 3.77. The van der Waals surface area contributed by atoms with Crippen molar-refractivity contribution in [1.29, 1.82) is 0 Å². The van der Waals surface area contributed by atoms with E-state index in [1.54, 1.807) is 57.7 Å². The van der Waals surface area contributed by atoms with Gasteiger partial charge in [0.15, 0.2) is 5.75 Å². The maximum atomic E-state index is 14.2. The Morgan fingerprint density at radius 3 is 1.70 bits per heavy atom. The van der Waals surface area contributed by atoms with Crippen molar-refractivity contribution < 1.29 is 71.8 Å². The highest BCUT2D eigenvalue weighted by Gasteiger charge is 2.27. The van der Waals surface area contributed by atoms with Crippen molar-refractivity contribution >= 4 is 91.1 Å². The summed E-state index contributed by atoms with van der Waals surface area (Å²) in [6.07, 6.45) is 3.02. The number of carbonyl (C=O) groups is 8. The molecule has 4 aromatic carbocycles. The molecule has 428 valence electrons. The maximum absolute atomic E-state index is 14.2. The van der Waals surface area contributed by atoms with E-state index in [-0.39, 0.29) is 127 Å². The predicted molar refractivity (Wildman–Crippen MR) is 292 cm³/mol. The van der Waals surface area contributed by atoms with Gasteiger partial charge in [-0.3, -0.25) is 67.4 Å². The van der Waals surface area contributed by atoms with Crippen LogP contribution >= 0.6 is 0 Å². The molecule has 1 fully saturated rings. The third kappa shape index (κ3) is 17.6. The summed E-state index contributed by atoms with van der Waals surface area (Å²) in [7, 11) is -4.63. The van der Waals surface area contributed by atoms with E-state index in [0.29, 0.717) is 35.3 Å². The van der Waals surface area contributed by atoms with E-state index in [1.165, 1.54) is 18.2 Å². The Kier molecular flexibility index (Phi) is 21.4. The molecule has 80 heavy (non-hydrogen) atoms. The van der Waals surface area contributed by atoms with Crippen molar-refractivity contribution in [2.24, 2.45) is 10.2 Å². The van der Waals surface area contributed by atoms with Gasteiger partial charge in [0.1, 0.15) is 16.6 Å². The Morgan fingerprint density at radius 2 is 1.18 bits per heavy atom. The minimum Gasteiger partial charge on any atom is -0.505 e. The molecule has 1 atom stereocenters. The molecule has 0 aromatic heterocycles. The number of aryl methyl sites for hydroxylation is 2. The fourth-order valence-electron chi connectivity index (χ4n) is 9.13. The smallest absolute Gasteiger partial charge is 0.317 e. The van der Waals surface area contributed by atoms with Crippen molar-refractivity contribution in [3.63, 3.8) is 0 Å². The molecular formula is C53H65N11O15S. The SMILES string of the molecule is Cc1cc(-c2ccc(NC(=O)[C@H](CCCCNC(=O)CCN3C(=O)C=CC3=O)NC(=O)CN3CCN(CC(=O)O)CCN(CC(=O)O)CCN(CC(=O)O)CC3)c(C)c2)ccc1N=Nc1ccc2c(S(=O)(=O)O)ccc(N)c2c1O. The van der Waals surface area contributed by atoms with E-state index in [2.05, 4.69) is 26.2 Å². The third-order valence-corrected chi connectivity index (χ3v) is 14.3. The number of fused-ring (bicyclic) bond motifs is 1. The zero-order chi connectivity index (χ0) is 58.3. The number of rotatable bonds is 23. The van der Waals surface area contributed by atoms with Gasteiger partial charge in [0.25, 0.3) is 21.9 Å². The molecule has 2 heterocycles. The van der Waals surface area contributed by atoms with Crippen molar-refractivity contribution in [2.45, 2.75) is 50.5 Å². The number of benzene rings is 4. The summed E-state index contributed by atoms with van der Waals surface area (Å²) >= 11 is 0. The zero-order valence-electron chi connectivity index (χ0n) is 44.2. The van der Waals surface area contributed by atoms with Gasteiger partial charge in [-0.05, 0) is 97.8 Å². The number of carbonyl (C=O) groups excluding carboxylic acids is 5. The molecule has 2 aliphatic heterocycles. The Labute approximate surface area is 460 Å². The number of nitrogen functional groups attached to an aromatic ring is 1. The first-order valence-electron chi connectivity index (χ1n) is 25.6. The lowest BCUT2D eigenvalue weighted by Gasteiger charge is -2.33. The predicted octanol–water partition coefficient (Wildman–Crippen LogP) is 2.57. The highest BCUT2D eigenvalue weighted by atomic mass is 32.2. The number of nitrogens with one attached hydrogen (secondary N) is 3. The number of nitrogens with two attached hydrogens (primary N) is 1. The van der Waals surface area contributed by atoms with Crippen LogP contribution in [0.4, 0.5) is 22.7 Å². The normalized spacial score (nSPS) is 15.9. The van der Waals surface area contributed by atoms with Crippen LogP contribution in [-0.4, -0.2) is 203 Å². The van der Waals surface area contributed by atoms with Crippen LogP contribution in [0, 0.1) is 13.8 Å². The first-order chi connectivity index (χ1) is 37.9. The maximum Gasteiger partial charge on any atom is 0.317 e. The second-order valence-electron chi connectivity index (χ2n) is 19.4. The number of unbranched alkanes of at least 4 members (excludes halogenated alkanes) is 1. The lowest BCUT2D eigenvalue weighted by Crippen LogP contribution is -2.51. The molecule has 0 spiro atoms. The van der Waals surface area contributed by atoms with Crippen LogP contribution in [0.15, 0.2) is 87.9 Å². The molecule has 0 bridgehead atoms. The third-order valence-electron chi connectivity index (χ3n) is 13.4. The number of phenolic OH excluding ortho intramolecular Hbond substituents is 1. The van der Waals surface area contributed by atoms with Gasteiger partial charge < -0.3 is 42.1 Å². The number of anilines is 2. The number of carboxylic acids is 3. The molecule has 26 nitrogen and oxygen atoms in total. The molecule has 10 N–H and O–H groups in total. The number of aromatic hydroxyl groups is 1. The van der Waals surface area contributed by atoms with E-state index in [9.17, 15) is 71.8 Å². The molecule has 4 aromatic rings. The van der Waals surface area contributed by atoms with Crippen molar-refractivity contribution in [3.8, 4) is 16.9 Å². The molecule has 2 aliphatic rings. The minimum atomic E-state index is -4.63. The topological polar surface area (TPSA) is 375 Å². The Morgan fingerprint density at radius 1 is 0.662 bits per heavy atom. The number of azo groups is 1. The minimum absolute atomic E-state index is 0.00206. The van der Waals surface area contributed by atoms with E-state index in [4.69, 9.17) is 5.73 Å². The highest BCUT2D eigenvalue weighted by Crippen LogP contribution is 2.41. The number of imide groups is 1. The number of hydrogen-bond donors (Lipinski definition) is 9. The quantitative estimate of drug-likeness (QED) is 0.0169. The van der Waals surface area contributed by atoms with Crippen LogP contribution in [0.3, 0.4) is 0 Å². The van der Waals surface area contributed by atoms with Crippen molar-refractivity contribution in [2.75, 3.05) is 103 Å². The van der Waals surface area contributed by atoms with Crippen LogP contribution in [-0.2, 0) is 48.5 Å². The first-order valence-corrected chi connectivity index (χ1v) is 27.0. The second-order valence-corrected chi connectivity index (χ2v) is 20.8. The summed E-state index contributed by atoms with van der Waals surface area (Å²) in [6, 6.07) is 14.7. The van der Waals surface area contributed by atoms with Gasteiger partial charge in [-0.15, -0.1) is 5.11 Å². The summed E-state index contributed by atoms with van der Waals surface area (Å²) in [5.41, 5.74) is 9.94. The second kappa shape index (κ2) is 28.1. The van der Waals surface area contributed by atoms with Gasteiger partial charge in [-0.25, -0.2) is 0 Å². The standard InChI is InChI=1S/C53H65N11O15S/c1-33-27-35(36-7-11-40(34(2)28-36)58-59-41-12-8-37-43(80(77,78)79)13-9-38(54)51(37)52(41)75)6-10-39(33)57-53(76)42(5-3-4-17-55-44(65)16-18-64-46(67)14-15-47(64)68)56-45(66)29-60-19-21-61(30-48(69)70)23-25-63(32-50(73)74)26-24-62(22-20-60)31-49(71)72/h6-15,27-28,42,75H,3-5,16-26,29-32,54H2,1-2H3,(H,55,65)(H,56,66)(H,57,76)(H,69,70)(H,71,72)(H,73,74)(H,77,78,79)/t42-/m0/s1. The van der Waals surface area contributed by atoms with Crippen LogP contribution in [0.1, 0.15) is 36.8 Å². The molecule has 5 amide bonds. The van der Waals surface area contributed by atoms with E-state index < -0.39 is 74.2 Å². The fraction of sp³-hybridized carbons (Fsp3) is 0.396. The van der Waals surface area contributed by atoms with Crippen LogP contribution in [0.25, 0.3) is 21.9 Å². The molecule has 27 heteroatoms. The number of amides is 5.